The molecule has 1 saturated carbocycles. The summed E-state index contributed by atoms with van der Waals surface area (Å²) in [5.74, 6) is -0.0169. The van der Waals surface area contributed by atoms with Gasteiger partial charge in [0.25, 0.3) is 0 Å². The zero-order valence-electron chi connectivity index (χ0n) is 14.7. The molecule has 3 heterocycles. The number of thioether (sulfide) groups is 1. The summed E-state index contributed by atoms with van der Waals surface area (Å²) in [5.41, 5.74) is 2.08. The second kappa shape index (κ2) is 6.46. The number of H-pyrrole nitrogens is 1. The molecule has 1 aliphatic rings. The van der Waals surface area contributed by atoms with E-state index in [0.717, 1.165) is 12.8 Å². The molecule has 1 aliphatic carbocycles. The van der Waals surface area contributed by atoms with Crippen LogP contribution in [0.3, 0.4) is 0 Å². The van der Waals surface area contributed by atoms with Crippen molar-refractivity contribution in [2.24, 2.45) is 5.92 Å². The van der Waals surface area contributed by atoms with Crippen LogP contribution in [0.5, 0.6) is 0 Å². The van der Waals surface area contributed by atoms with E-state index >= 15 is 0 Å². The highest BCUT2D eigenvalue weighted by Crippen LogP contribution is 2.41. The minimum Gasteiger partial charge on any atom is -0.309 e. The smallest absolute Gasteiger partial charge is 0.228 e. The normalized spacial score (nSPS) is 14.1. The fourth-order valence-electron chi connectivity index (χ4n) is 3.18. The van der Waals surface area contributed by atoms with Crippen LogP contribution in [0.15, 0.2) is 29.4 Å². The van der Waals surface area contributed by atoms with Crippen molar-refractivity contribution >= 4 is 51.6 Å². The van der Waals surface area contributed by atoms with Gasteiger partial charge in [0.05, 0.1) is 33.5 Å². The van der Waals surface area contributed by atoms with E-state index in [-0.39, 0.29) is 16.8 Å². The zero-order valence-corrected chi connectivity index (χ0v) is 16.2. The van der Waals surface area contributed by atoms with E-state index in [9.17, 15) is 9.18 Å². The van der Waals surface area contributed by atoms with Gasteiger partial charge in [-0.2, -0.15) is 10.2 Å². The van der Waals surface area contributed by atoms with Gasteiger partial charge in [0.1, 0.15) is 0 Å². The minimum absolute atomic E-state index is 0.00697. The Balaban J connectivity index is 1.62. The average molecular weight is 417 g/mol. The van der Waals surface area contributed by atoms with Crippen molar-refractivity contribution in [1.29, 1.82) is 0 Å². The van der Waals surface area contributed by atoms with E-state index < -0.39 is 5.82 Å². The Morgan fingerprint density at radius 1 is 1.43 bits per heavy atom. The molecule has 3 aromatic heterocycles. The van der Waals surface area contributed by atoms with Crippen molar-refractivity contribution in [1.82, 2.24) is 24.8 Å². The fraction of sp³-hybridized carbons (Fsp3) is 0.222. The number of hydrogen-bond acceptors (Lipinski definition) is 5. The molecular formula is C18H14ClFN6OS. The van der Waals surface area contributed by atoms with Crippen LogP contribution in [0.25, 0.3) is 27.8 Å². The molecular weight excluding hydrogens is 403 g/mol. The van der Waals surface area contributed by atoms with Crippen LogP contribution < -0.4 is 5.32 Å². The number of carbonyl (C=O) groups excluding carboxylic acids is 1. The molecule has 7 nitrogen and oxygen atoms in total. The summed E-state index contributed by atoms with van der Waals surface area (Å²) in [6.45, 7) is 0. The van der Waals surface area contributed by atoms with Gasteiger partial charge in [-0.1, -0.05) is 11.6 Å². The molecule has 0 saturated heterocycles. The molecule has 0 unspecified atom stereocenters. The zero-order chi connectivity index (χ0) is 19.4. The first kappa shape index (κ1) is 17.4. The number of aromatic amines is 1. The van der Waals surface area contributed by atoms with Gasteiger partial charge in [-0.05, 0) is 31.2 Å². The molecule has 142 valence electrons. The maximum Gasteiger partial charge on any atom is 0.228 e. The van der Waals surface area contributed by atoms with Gasteiger partial charge in [0, 0.05) is 16.9 Å². The minimum atomic E-state index is -0.508. The monoisotopic (exact) mass is 416 g/mol. The Hall–Kier alpha value is -2.65. The predicted molar refractivity (Wildman–Crippen MR) is 106 cm³/mol. The topological polar surface area (TPSA) is 88.0 Å². The van der Waals surface area contributed by atoms with Crippen LogP contribution >= 0.6 is 23.4 Å². The molecule has 10 heteroatoms. The molecule has 2 N–H and O–H groups in total. The number of halogens is 2. The van der Waals surface area contributed by atoms with E-state index in [1.54, 1.807) is 35.3 Å². The Labute approximate surface area is 167 Å². The molecule has 28 heavy (non-hydrogen) atoms. The number of nitrogens with zero attached hydrogens (tertiary/aromatic N) is 4. The SMILES string of the molecule is CSc1c(F)c(Cl)c(-c2ccc3nc(NC(=O)C4CC4)cn3n2)c2cn[nH]c12. The molecule has 0 radical (unpaired) electrons. The van der Waals surface area contributed by atoms with Gasteiger partial charge in [-0.3, -0.25) is 9.89 Å². The molecule has 0 atom stereocenters. The van der Waals surface area contributed by atoms with E-state index in [4.69, 9.17) is 11.6 Å². The molecule has 5 rings (SSSR count). The van der Waals surface area contributed by atoms with Crippen molar-refractivity contribution in [3.05, 3.63) is 35.4 Å². The van der Waals surface area contributed by atoms with Gasteiger partial charge >= 0.3 is 0 Å². The quantitative estimate of drug-likeness (QED) is 0.488. The molecule has 1 amide bonds. The lowest BCUT2D eigenvalue weighted by Gasteiger charge is -2.10. The highest BCUT2D eigenvalue weighted by Gasteiger charge is 2.30. The lowest BCUT2D eigenvalue weighted by Crippen LogP contribution is -2.13. The van der Waals surface area contributed by atoms with Crippen molar-refractivity contribution in [2.45, 2.75) is 17.7 Å². The lowest BCUT2D eigenvalue weighted by molar-refractivity contribution is -0.117. The molecule has 4 aromatic rings. The van der Waals surface area contributed by atoms with Crippen LogP contribution in [0.2, 0.25) is 5.02 Å². The van der Waals surface area contributed by atoms with Gasteiger partial charge in [-0.25, -0.2) is 13.9 Å². The second-order valence-electron chi connectivity index (χ2n) is 6.61. The van der Waals surface area contributed by atoms with E-state index in [1.807, 2.05) is 0 Å². The summed E-state index contributed by atoms with van der Waals surface area (Å²) >= 11 is 7.62. The van der Waals surface area contributed by atoms with Gasteiger partial charge < -0.3 is 5.32 Å². The highest BCUT2D eigenvalue weighted by atomic mass is 35.5. The summed E-state index contributed by atoms with van der Waals surface area (Å²) in [6.07, 6.45) is 6.85. The maximum absolute atomic E-state index is 14.8. The number of amides is 1. The predicted octanol–water partition coefficient (Wildman–Crippen LogP) is 4.14. The van der Waals surface area contributed by atoms with Crippen molar-refractivity contribution in [3.63, 3.8) is 0 Å². The molecule has 0 bridgehead atoms. The number of aromatic nitrogens is 5. The third-order valence-electron chi connectivity index (χ3n) is 4.73. The highest BCUT2D eigenvalue weighted by molar-refractivity contribution is 7.98. The molecule has 0 spiro atoms. The Morgan fingerprint density at radius 2 is 2.25 bits per heavy atom. The van der Waals surface area contributed by atoms with E-state index in [2.05, 4.69) is 25.6 Å². The fourth-order valence-corrected chi connectivity index (χ4v) is 4.17. The number of imidazole rings is 1. The van der Waals surface area contributed by atoms with Crippen LogP contribution in [-0.2, 0) is 4.79 Å². The summed E-state index contributed by atoms with van der Waals surface area (Å²) in [5, 5.41) is 14.9. The van der Waals surface area contributed by atoms with Crippen LogP contribution in [-0.4, -0.2) is 37.0 Å². The van der Waals surface area contributed by atoms with Crippen LogP contribution in [0.4, 0.5) is 10.2 Å². The first-order valence-electron chi connectivity index (χ1n) is 8.62. The number of benzene rings is 1. The summed E-state index contributed by atoms with van der Waals surface area (Å²) in [7, 11) is 0. The maximum atomic E-state index is 14.8. The van der Waals surface area contributed by atoms with Crippen LogP contribution in [0, 0.1) is 11.7 Å². The van der Waals surface area contributed by atoms with Crippen molar-refractivity contribution in [2.75, 3.05) is 11.6 Å². The lowest BCUT2D eigenvalue weighted by atomic mass is 10.1. The summed E-state index contributed by atoms with van der Waals surface area (Å²) < 4.78 is 16.3. The number of rotatable bonds is 4. The Morgan fingerprint density at radius 3 is 3.00 bits per heavy atom. The Bertz CT molecular complexity index is 1250. The molecule has 1 aromatic carbocycles. The third-order valence-corrected chi connectivity index (χ3v) is 5.87. The number of nitrogens with one attached hydrogen (secondary N) is 2. The molecule has 1 fully saturated rings. The first-order valence-corrected chi connectivity index (χ1v) is 10.2. The van der Waals surface area contributed by atoms with Crippen molar-refractivity contribution < 1.29 is 9.18 Å². The largest absolute Gasteiger partial charge is 0.309 e. The Kier molecular flexibility index (Phi) is 4.02. The van der Waals surface area contributed by atoms with Gasteiger partial charge in [0.2, 0.25) is 5.91 Å². The van der Waals surface area contributed by atoms with E-state index in [1.165, 1.54) is 11.8 Å². The van der Waals surface area contributed by atoms with Crippen molar-refractivity contribution in [3.8, 4) is 11.3 Å². The van der Waals surface area contributed by atoms with Gasteiger partial charge in [-0.15, -0.1) is 11.8 Å². The second-order valence-corrected chi connectivity index (χ2v) is 7.80. The van der Waals surface area contributed by atoms with Crippen LogP contribution in [0.1, 0.15) is 12.8 Å². The first-order chi connectivity index (χ1) is 13.6. The average Bonchev–Trinajstić information content (AvgIpc) is 3.31. The van der Waals surface area contributed by atoms with E-state index in [0.29, 0.717) is 38.5 Å². The standard InChI is InChI=1S/C18H14ClFN6OS/c1-28-17-15(20)14(19)13(9-6-21-24-16(9)17)10-4-5-12-22-11(7-26(12)25-10)23-18(27)8-2-3-8/h4-8H,2-3H2,1H3,(H,21,24)(H,23,27). The summed E-state index contributed by atoms with van der Waals surface area (Å²) in [4.78, 5) is 16.7. The summed E-state index contributed by atoms with van der Waals surface area (Å²) in [6, 6.07) is 3.47. The third kappa shape index (κ3) is 2.73. The van der Waals surface area contributed by atoms with Gasteiger partial charge in [0.15, 0.2) is 17.3 Å². The number of carbonyl (C=O) groups is 1. The number of fused-ring (bicyclic) bond motifs is 2. The number of hydrogen-bond donors (Lipinski definition) is 2. The number of anilines is 1. The molecule has 0 aliphatic heterocycles.